The van der Waals surface area contributed by atoms with Crippen molar-refractivity contribution in [3.05, 3.63) is 58.6 Å². The van der Waals surface area contributed by atoms with E-state index in [2.05, 4.69) is 4.98 Å². The lowest BCUT2D eigenvalue weighted by atomic mass is 10.2. The number of hydrogen-bond donors (Lipinski definition) is 0. The van der Waals surface area contributed by atoms with Gasteiger partial charge >= 0.3 is 5.69 Å². The van der Waals surface area contributed by atoms with E-state index in [1.807, 2.05) is 25.1 Å². The molecule has 0 unspecified atom stereocenters. The zero-order valence-corrected chi connectivity index (χ0v) is 16.2. The van der Waals surface area contributed by atoms with Crippen LogP contribution < -0.4 is 5.69 Å². The Labute approximate surface area is 157 Å². The number of hydrogen-bond acceptors (Lipinski definition) is 4. The zero-order valence-electron chi connectivity index (χ0n) is 15.4. The van der Waals surface area contributed by atoms with Gasteiger partial charge in [-0.1, -0.05) is 19.1 Å². The lowest BCUT2D eigenvalue weighted by Gasteiger charge is -2.17. The van der Waals surface area contributed by atoms with Crippen molar-refractivity contribution in [1.82, 2.24) is 18.4 Å². The summed E-state index contributed by atoms with van der Waals surface area (Å²) < 4.78 is 30.6. The highest BCUT2D eigenvalue weighted by molar-refractivity contribution is 7.89. The molecule has 1 aliphatic rings. The Bertz CT molecular complexity index is 1150. The second-order valence-electron chi connectivity index (χ2n) is 6.86. The van der Waals surface area contributed by atoms with Crippen LogP contribution >= 0.6 is 0 Å². The van der Waals surface area contributed by atoms with Gasteiger partial charge in [0.25, 0.3) is 0 Å². The van der Waals surface area contributed by atoms with E-state index in [0.29, 0.717) is 23.5 Å². The summed E-state index contributed by atoms with van der Waals surface area (Å²) in [5.74, 6) is 0. The van der Waals surface area contributed by atoms with Crippen molar-refractivity contribution in [3.63, 3.8) is 0 Å². The maximum absolute atomic E-state index is 13.0. The molecular weight excluding hydrogens is 364 g/mol. The largest absolute Gasteiger partial charge is 0.330 e. The topological polar surface area (TPSA) is 77.2 Å². The molecule has 7 nitrogen and oxygen atoms in total. The van der Waals surface area contributed by atoms with E-state index in [-0.39, 0.29) is 18.3 Å². The van der Waals surface area contributed by atoms with Crippen molar-refractivity contribution < 1.29 is 8.42 Å². The number of imidazole rings is 1. The van der Waals surface area contributed by atoms with Crippen LogP contribution in [0.25, 0.3) is 11.2 Å². The monoisotopic (exact) mass is 386 g/mol. The van der Waals surface area contributed by atoms with Crippen LogP contribution in [0.5, 0.6) is 0 Å². The van der Waals surface area contributed by atoms with Gasteiger partial charge in [0.2, 0.25) is 10.0 Å². The quantitative estimate of drug-likeness (QED) is 0.687. The average molecular weight is 386 g/mol. The standard InChI is InChI=1S/C19H22N4O3S/c1-3-14-6-8-16(9-7-14)27(25,26)22-12-10-15(13-22)23-18-17(5-4-11-20-18)21(2)19(23)24/h4-9,11,15H,3,10,12-13H2,1-2H3/t15-/m1/s1. The second kappa shape index (κ2) is 6.61. The minimum absolute atomic E-state index is 0.166. The Hall–Kier alpha value is -2.45. The van der Waals surface area contributed by atoms with E-state index in [1.54, 1.807) is 40.6 Å². The van der Waals surface area contributed by atoms with Crippen LogP contribution in [0.2, 0.25) is 0 Å². The SMILES string of the molecule is CCc1ccc(S(=O)(=O)N2CC[C@@H](n3c(=O)n(C)c4cccnc43)C2)cc1. The Morgan fingerprint density at radius 1 is 1.19 bits per heavy atom. The lowest BCUT2D eigenvalue weighted by molar-refractivity contribution is 0.449. The van der Waals surface area contributed by atoms with Crippen molar-refractivity contribution in [1.29, 1.82) is 0 Å². The number of nitrogens with zero attached hydrogens (tertiary/aromatic N) is 4. The first kappa shape index (κ1) is 17.9. The van der Waals surface area contributed by atoms with Gasteiger partial charge in [-0.15, -0.1) is 0 Å². The first-order chi connectivity index (χ1) is 12.9. The minimum Gasteiger partial charge on any atom is -0.293 e. The molecule has 0 bridgehead atoms. The van der Waals surface area contributed by atoms with Crippen LogP contribution in [-0.4, -0.2) is 39.9 Å². The smallest absolute Gasteiger partial charge is 0.293 e. The molecule has 3 aromatic rings. The van der Waals surface area contributed by atoms with Gasteiger partial charge in [0, 0.05) is 26.3 Å². The highest BCUT2D eigenvalue weighted by Gasteiger charge is 2.35. The average Bonchev–Trinajstić information content (AvgIpc) is 3.26. The van der Waals surface area contributed by atoms with Crippen molar-refractivity contribution >= 4 is 21.2 Å². The van der Waals surface area contributed by atoms with E-state index < -0.39 is 10.0 Å². The molecule has 1 aromatic carbocycles. The molecule has 1 atom stereocenters. The Morgan fingerprint density at radius 3 is 2.63 bits per heavy atom. The number of aromatic nitrogens is 3. The summed E-state index contributed by atoms with van der Waals surface area (Å²) >= 11 is 0. The van der Waals surface area contributed by atoms with Gasteiger partial charge < -0.3 is 0 Å². The number of benzene rings is 1. The van der Waals surface area contributed by atoms with E-state index in [9.17, 15) is 13.2 Å². The predicted molar refractivity (Wildman–Crippen MR) is 103 cm³/mol. The Balaban J connectivity index is 1.66. The maximum atomic E-state index is 13.0. The molecule has 0 N–H and O–H groups in total. The third-order valence-corrected chi connectivity index (χ3v) is 7.19. The summed E-state index contributed by atoms with van der Waals surface area (Å²) in [7, 11) is -1.86. The summed E-state index contributed by atoms with van der Waals surface area (Å²) in [5, 5.41) is 0. The Morgan fingerprint density at radius 2 is 1.93 bits per heavy atom. The van der Waals surface area contributed by atoms with Crippen LogP contribution in [0, 0.1) is 0 Å². The van der Waals surface area contributed by atoms with Gasteiger partial charge in [-0.25, -0.2) is 18.2 Å². The fourth-order valence-corrected chi connectivity index (χ4v) is 5.20. The summed E-state index contributed by atoms with van der Waals surface area (Å²) in [5.41, 5.74) is 2.28. The van der Waals surface area contributed by atoms with Crippen molar-refractivity contribution in [2.75, 3.05) is 13.1 Å². The molecule has 1 fully saturated rings. The van der Waals surface area contributed by atoms with Crippen molar-refractivity contribution in [2.24, 2.45) is 7.05 Å². The zero-order chi connectivity index (χ0) is 19.2. The van der Waals surface area contributed by atoms with Gasteiger partial charge in [-0.2, -0.15) is 4.31 Å². The molecule has 2 aromatic heterocycles. The van der Waals surface area contributed by atoms with Crippen LogP contribution in [-0.2, 0) is 23.5 Å². The normalized spacial score (nSPS) is 18.4. The van der Waals surface area contributed by atoms with Gasteiger partial charge in [0.1, 0.15) is 0 Å². The van der Waals surface area contributed by atoms with Crippen LogP contribution in [0.4, 0.5) is 0 Å². The highest BCUT2D eigenvalue weighted by atomic mass is 32.2. The van der Waals surface area contributed by atoms with E-state index in [4.69, 9.17) is 0 Å². The summed E-state index contributed by atoms with van der Waals surface area (Å²) in [6.45, 7) is 2.69. The van der Waals surface area contributed by atoms with Gasteiger partial charge in [-0.05, 0) is 42.7 Å². The van der Waals surface area contributed by atoms with Crippen LogP contribution in [0.3, 0.4) is 0 Å². The molecule has 142 valence electrons. The predicted octanol–water partition coefficient (Wildman–Crippen LogP) is 1.93. The Kier molecular flexibility index (Phi) is 4.39. The van der Waals surface area contributed by atoms with Crippen molar-refractivity contribution in [3.8, 4) is 0 Å². The van der Waals surface area contributed by atoms with Gasteiger partial charge in [-0.3, -0.25) is 9.13 Å². The number of fused-ring (bicyclic) bond motifs is 1. The van der Waals surface area contributed by atoms with E-state index in [0.717, 1.165) is 17.5 Å². The number of rotatable bonds is 4. The lowest BCUT2D eigenvalue weighted by Crippen LogP contribution is -2.31. The molecule has 0 saturated carbocycles. The van der Waals surface area contributed by atoms with E-state index in [1.165, 1.54) is 4.31 Å². The highest BCUT2D eigenvalue weighted by Crippen LogP contribution is 2.28. The third kappa shape index (κ3) is 2.89. The molecule has 0 spiro atoms. The molecule has 1 saturated heterocycles. The molecule has 27 heavy (non-hydrogen) atoms. The first-order valence-corrected chi connectivity index (χ1v) is 10.5. The number of pyridine rings is 1. The number of sulfonamides is 1. The molecule has 0 radical (unpaired) electrons. The third-order valence-electron chi connectivity index (χ3n) is 5.31. The first-order valence-electron chi connectivity index (χ1n) is 9.04. The molecule has 1 aliphatic heterocycles. The fourth-order valence-electron chi connectivity index (χ4n) is 3.71. The van der Waals surface area contributed by atoms with Gasteiger partial charge in [0.05, 0.1) is 16.5 Å². The maximum Gasteiger partial charge on any atom is 0.330 e. The summed E-state index contributed by atoms with van der Waals surface area (Å²) in [6.07, 6.45) is 3.10. The summed E-state index contributed by atoms with van der Waals surface area (Å²) in [6, 6.07) is 10.4. The van der Waals surface area contributed by atoms with E-state index >= 15 is 0 Å². The molecule has 3 heterocycles. The molecular formula is C19H22N4O3S. The summed E-state index contributed by atoms with van der Waals surface area (Å²) in [4.78, 5) is 17.3. The van der Waals surface area contributed by atoms with Gasteiger partial charge in [0.15, 0.2) is 5.65 Å². The van der Waals surface area contributed by atoms with Crippen LogP contribution in [0.15, 0.2) is 52.3 Å². The number of aryl methyl sites for hydroxylation is 2. The molecule has 4 rings (SSSR count). The fraction of sp³-hybridized carbons (Fsp3) is 0.368. The molecule has 0 amide bonds. The van der Waals surface area contributed by atoms with Crippen molar-refractivity contribution in [2.45, 2.75) is 30.7 Å². The second-order valence-corrected chi connectivity index (χ2v) is 8.80. The molecule has 8 heteroatoms. The van der Waals surface area contributed by atoms with Crippen LogP contribution in [0.1, 0.15) is 24.9 Å². The molecule has 0 aliphatic carbocycles. The minimum atomic E-state index is -3.57.